The average Bonchev–Trinajstić information content (AvgIpc) is 3.88. The number of allylic oxidation sites excluding steroid dienone is 3. The van der Waals surface area contributed by atoms with Gasteiger partial charge in [0.25, 0.3) is 0 Å². The van der Waals surface area contributed by atoms with Crippen molar-refractivity contribution < 1.29 is 4.42 Å². The summed E-state index contributed by atoms with van der Waals surface area (Å²) in [7, 11) is 0. The zero-order valence-electron chi connectivity index (χ0n) is 31.7. The third kappa shape index (κ3) is 5.42. The summed E-state index contributed by atoms with van der Waals surface area (Å²) in [6.07, 6.45) is 10.5. The molecule has 0 amide bonds. The molecule has 58 heavy (non-hydrogen) atoms. The first-order valence-corrected chi connectivity index (χ1v) is 21.1. The molecule has 9 aromatic rings. The van der Waals surface area contributed by atoms with E-state index in [0.717, 1.165) is 51.7 Å². The number of amidine groups is 1. The smallest absolute Gasteiger partial charge is 0.135 e. The number of rotatable bonds is 5. The van der Waals surface area contributed by atoms with E-state index in [0.29, 0.717) is 0 Å². The van der Waals surface area contributed by atoms with E-state index in [4.69, 9.17) is 9.41 Å². The molecule has 0 radical (unpaired) electrons. The molecule has 12 rings (SSSR count). The standard InChI is InChI=1S/C53H39N3OS/c1-3-14-32(15-4-1)51-54-52(33-16-5-2-6-17-33)56-53(55-51)41-24-11-25-45-48(41)43-31-35(28-29-44(43)57-45)37-22-12-26-46-49(37)50-40(23-13-27-47(50)58-46)42-30-34-18-7-8-19-36(34)38-20-9-10-21-39(38)42/h1-16,18-29,31,33,42,52-53,56H,17,30H2,(H,54,55). The highest BCUT2D eigenvalue weighted by molar-refractivity contribution is 7.26. The molecule has 1 aliphatic heterocycles. The Balaban J connectivity index is 1.02. The molecule has 2 aromatic heterocycles. The van der Waals surface area contributed by atoms with Crippen LogP contribution in [0.4, 0.5) is 0 Å². The number of hydrogen-bond acceptors (Lipinski definition) is 5. The fourth-order valence-corrected chi connectivity index (χ4v) is 11.0. The summed E-state index contributed by atoms with van der Waals surface area (Å²) in [6.45, 7) is 0. The van der Waals surface area contributed by atoms with Gasteiger partial charge < -0.3 is 9.73 Å². The molecular formula is C53H39N3OS. The number of fused-ring (bicyclic) bond motifs is 9. The maximum absolute atomic E-state index is 6.62. The van der Waals surface area contributed by atoms with Crippen molar-refractivity contribution in [1.29, 1.82) is 0 Å². The molecule has 0 fully saturated rings. The number of thiophene rings is 1. The average molecular weight is 766 g/mol. The van der Waals surface area contributed by atoms with Gasteiger partial charge in [-0.3, -0.25) is 5.32 Å². The van der Waals surface area contributed by atoms with Gasteiger partial charge in [0.2, 0.25) is 0 Å². The SMILES string of the molecule is C1=CCC(C2NC(c3ccccc3)=NC(c3cccc4oc5ccc(-c6cccc7sc8cccc(C9Cc%10ccccc%10-c%10ccccc%109)c8c67)cc5c34)N2)C=C1. The van der Waals surface area contributed by atoms with Gasteiger partial charge in [-0.2, -0.15) is 0 Å². The molecule has 2 N–H and O–H groups in total. The molecule has 0 saturated carbocycles. The summed E-state index contributed by atoms with van der Waals surface area (Å²) >= 11 is 1.90. The second-order valence-electron chi connectivity index (χ2n) is 15.8. The topological polar surface area (TPSA) is 49.6 Å². The highest BCUT2D eigenvalue weighted by Crippen LogP contribution is 2.49. The van der Waals surface area contributed by atoms with Crippen LogP contribution in [0.3, 0.4) is 0 Å². The van der Waals surface area contributed by atoms with E-state index in [1.54, 1.807) is 0 Å². The Morgan fingerprint density at radius 3 is 2.24 bits per heavy atom. The van der Waals surface area contributed by atoms with Crippen molar-refractivity contribution in [3.8, 4) is 22.3 Å². The third-order valence-corrected chi connectivity index (χ3v) is 13.6. The first-order valence-electron chi connectivity index (χ1n) is 20.3. The quantitative estimate of drug-likeness (QED) is 0.183. The summed E-state index contributed by atoms with van der Waals surface area (Å²) in [5.41, 5.74) is 13.3. The van der Waals surface area contributed by atoms with E-state index in [1.807, 2.05) is 11.3 Å². The molecule has 0 spiro atoms. The van der Waals surface area contributed by atoms with Crippen LogP contribution in [0.25, 0.3) is 64.4 Å². The van der Waals surface area contributed by atoms with Crippen molar-refractivity contribution in [2.24, 2.45) is 10.9 Å². The number of hydrogen-bond donors (Lipinski definition) is 2. The summed E-state index contributed by atoms with van der Waals surface area (Å²) in [6, 6.07) is 55.4. The summed E-state index contributed by atoms with van der Waals surface area (Å²) < 4.78 is 9.26. The van der Waals surface area contributed by atoms with E-state index in [-0.39, 0.29) is 24.2 Å². The van der Waals surface area contributed by atoms with Gasteiger partial charge in [0.05, 0.1) is 6.17 Å². The van der Waals surface area contributed by atoms with Gasteiger partial charge in [-0.15, -0.1) is 11.3 Å². The molecule has 0 saturated heterocycles. The van der Waals surface area contributed by atoms with Crippen LogP contribution in [-0.4, -0.2) is 12.0 Å². The molecular weight excluding hydrogens is 727 g/mol. The van der Waals surface area contributed by atoms with Crippen LogP contribution < -0.4 is 10.6 Å². The fraction of sp³-hybridized carbons (Fsp3) is 0.113. The molecule has 2 aliphatic carbocycles. The first kappa shape index (κ1) is 33.6. The molecule has 278 valence electrons. The maximum atomic E-state index is 6.62. The largest absolute Gasteiger partial charge is 0.456 e. The normalized spacial score (nSPS) is 20.0. The Morgan fingerprint density at radius 2 is 1.34 bits per heavy atom. The van der Waals surface area contributed by atoms with E-state index in [9.17, 15) is 0 Å². The predicted octanol–water partition coefficient (Wildman–Crippen LogP) is 13.1. The van der Waals surface area contributed by atoms with Crippen molar-refractivity contribution in [3.63, 3.8) is 0 Å². The lowest BCUT2D eigenvalue weighted by Gasteiger charge is -2.36. The lowest BCUT2D eigenvalue weighted by atomic mass is 9.75. The van der Waals surface area contributed by atoms with E-state index < -0.39 is 0 Å². The predicted molar refractivity (Wildman–Crippen MR) is 242 cm³/mol. The van der Waals surface area contributed by atoms with Gasteiger partial charge >= 0.3 is 0 Å². The highest BCUT2D eigenvalue weighted by atomic mass is 32.1. The molecule has 7 aromatic carbocycles. The minimum Gasteiger partial charge on any atom is -0.456 e. The van der Waals surface area contributed by atoms with Crippen LogP contribution in [0.5, 0.6) is 0 Å². The molecule has 4 nitrogen and oxygen atoms in total. The van der Waals surface area contributed by atoms with Crippen LogP contribution >= 0.6 is 11.3 Å². The Labute approximate surface area is 340 Å². The van der Waals surface area contributed by atoms with Gasteiger partial charge in [-0.1, -0.05) is 146 Å². The molecule has 5 heteroatoms. The van der Waals surface area contributed by atoms with E-state index in [2.05, 4.69) is 187 Å². The lowest BCUT2D eigenvalue weighted by Crippen LogP contribution is -2.54. The van der Waals surface area contributed by atoms with Crippen LogP contribution in [0.1, 0.15) is 46.3 Å². The van der Waals surface area contributed by atoms with E-state index in [1.165, 1.54) is 59.1 Å². The highest BCUT2D eigenvalue weighted by Gasteiger charge is 2.31. The number of nitrogens with zero attached hydrogens (tertiary/aromatic N) is 1. The van der Waals surface area contributed by atoms with Crippen molar-refractivity contribution >= 4 is 59.3 Å². The Hall–Kier alpha value is -6.53. The number of aliphatic imine (C=N–C) groups is 1. The zero-order chi connectivity index (χ0) is 38.2. The lowest BCUT2D eigenvalue weighted by molar-refractivity contribution is 0.329. The van der Waals surface area contributed by atoms with Gasteiger partial charge in [0.15, 0.2) is 0 Å². The Morgan fingerprint density at radius 1 is 0.586 bits per heavy atom. The first-order chi connectivity index (χ1) is 28.7. The maximum Gasteiger partial charge on any atom is 0.135 e. The van der Waals surface area contributed by atoms with Gasteiger partial charge in [-0.05, 0) is 82.1 Å². The van der Waals surface area contributed by atoms with Crippen LogP contribution in [0.2, 0.25) is 0 Å². The zero-order valence-corrected chi connectivity index (χ0v) is 32.5. The van der Waals surface area contributed by atoms with Crippen LogP contribution in [0.15, 0.2) is 185 Å². The minimum absolute atomic E-state index is 0.00571. The summed E-state index contributed by atoms with van der Waals surface area (Å²) in [5, 5.41) is 12.6. The molecule has 0 bridgehead atoms. The van der Waals surface area contributed by atoms with Crippen LogP contribution in [-0.2, 0) is 6.42 Å². The molecule has 3 aliphatic rings. The van der Waals surface area contributed by atoms with Crippen molar-refractivity contribution in [2.45, 2.75) is 31.1 Å². The van der Waals surface area contributed by atoms with Crippen molar-refractivity contribution in [2.75, 3.05) is 0 Å². The monoisotopic (exact) mass is 765 g/mol. The summed E-state index contributed by atoms with van der Waals surface area (Å²) in [5.74, 6) is 1.45. The van der Waals surface area contributed by atoms with Gasteiger partial charge in [0, 0.05) is 53.9 Å². The Kier molecular flexibility index (Phi) is 7.85. The molecule has 4 atom stereocenters. The second kappa shape index (κ2) is 13.6. The Bertz CT molecular complexity index is 3170. The van der Waals surface area contributed by atoms with E-state index >= 15 is 0 Å². The van der Waals surface area contributed by atoms with Crippen molar-refractivity contribution in [3.05, 3.63) is 204 Å². The van der Waals surface area contributed by atoms with Gasteiger partial charge in [-0.25, -0.2) is 4.99 Å². The minimum atomic E-state index is -0.274. The summed E-state index contributed by atoms with van der Waals surface area (Å²) in [4.78, 5) is 5.35. The second-order valence-corrected chi connectivity index (χ2v) is 16.9. The van der Waals surface area contributed by atoms with Crippen molar-refractivity contribution in [1.82, 2.24) is 10.6 Å². The number of nitrogens with one attached hydrogen (secondary N) is 2. The molecule has 4 unspecified atom stereocenters. The molecule has 3 heterocycles. The van der Waals surface area contributed by atoms with Crippen LogP contribution in [0, 0.1) is 5.92 Å². The van der Waals surface area contributed by atoms with Gasteiger partial charge in [0.1, 0.15) is 23.2 Å². The number of furan rings is 1. The fourth-order valence-electron chi connectivity index (χ4n) is 9.84. The number of benzene rings is 7. The third-order valence-electron chi connectivity index (χ3n) is 12.5.